The summed E-state index contributed by atoms with van der Waals surface area (Å²) < 4.78 is 0. The average Bonchev–Trinajstić information content (AvgIpc) is 2.35. The molecule has 0 spiro atoms. The molecule has 0 amide bonds. The number of hydrogen-bond donors (Lipinski definition) is 2. The summed E-state index contributed by atoms with van der Waals surface area (Å²) in [6, 6.07) is 8.83. The van der Waals surface area contributed by atoms with E-state index in [0.717, 1.165) is 6.54 Å². The molecule has 1 aromatic rings. The van der Waals surface area contributed by atoms with Gasteiger partial charge in [-0.05, 0) is 38.5 Å². The van der Waals surface area contributed by atoms with Crippen LogP contribution in [0.3, 0.4) is 0 Å². The van der Waals surface area contributed by atoms with E-state index in [2.05, 4.69) is 55.4 Å². The van der Waals surface area contributed by atoms with Crippen LogP contribution in [0.2, 0.25) is 0 Å². The third-order valence-corrected chi connectivity index (χ3v) is 3.03. The van der Waals surface area contributed by atoms with Crippen molar-refractivity contribution in [2.75, 3.05) is 25.0 Å². The lowest BCUT2D eigenvalue weighted by molar-refractivity contribution is 0.187. The van der Waals surface area contributed by atoms with Crippen molar-refractivity contribution in [3.8, 4) is 0 Å². The number of benzene rings is 1. The Hall–Kier alpha value is -1.06. The van der Waals surface area contributed by atoms with E-state index in [4.69, 9.17) is 0 Å². The zero-order chi connectivity index (χ0) is 12.8. The summed E-state index contributed by atoms with van der Waals surface area (Å²) >= 11 is 0. The van der Waals surface area contributed by atoms with E-state index in [1.807, 2.05) is 0 Å². The SMILES string of the molecule is CCN(C)c1ccc(C(C)NCC(C)O)cc1. The van der Waals surface area contributed by atoms with E-state index in [-0.39, 0.29) is 12.1 Å². The second-order valence-electron chi connectivity index (χ2n) is 4.58. The molecule has 17 heavy (non-hydrogen) atoms. The van der Waals surface area contributed by atoms with E-state index in [9.17, 15) is 5.11 Å². The Morgan fingerprint density at radius 3 is 2.29 bits per heavy atom. The van der Waals surface area contributed by atoms with Crippen LogP contribution in [-0.2, 0) is 0 Å². The Kier molecular flexibility index (Phi) is 5.45. The molecule has 0 aliphatic heterocycles. The summed E-state index contributed by atoms with van der Waals surface area (Å²) in [5.41, 5.74) is 2.48. The number of nitrogens with zero attached hydrogens (tertiary/aromatic N) is 1. The van der Waals surface area contributed by atoms with Crippen LogP contribution in [0.15, 0.2) is 24.3 Å². The first-order chi connectivity index (χ1) is 8.04. The number of aliphatic hydroxyl groups is 1. The lowest BCUT2D eigenvalue weighted by Crippen LogP contribution is -2.27. The van der Waals surface area contributed by atoms with Crippen LogP contribution in [0.4, 0.5) is 5.69 Å². The summed E-state index contributed by atoms with van der Waals surface area (Å²) in [5, 5.41) is 12.5. The normalized spacial score (nSPS) is 14.4. The highest BCUT2D eigenvalue weighted by molar-refractivity contribution is 5.47. The lowest BCUT2D eigenvalue weighted by Gasteiger charge is -2.19. The molecule has 3 nitrogen and oxygen atoms in total. The minimum Gasteiger partial charge on any atom is -0.392 e. The molecule has 2 unspecified atom stereocenters. The molecule has 0 fully saturated rings. The van der Waals surface area contributed by atoms with Crippen LogP contribution in [-0.4, -0.2) is 31.3 Å². The molecule has 3 heteroatoms. The van der Waals surface area contributed by atoms with Crippen molar-refractivity contribution in [2.45, 2.75) is 32.9 Å². The first-order valence-corrected chi connectivity index (χ1v) is 6.27. The second-order valence-corrected chi connectivity index (χ2v) is 4.58. The minimum atomic E-state index is -0.303. The summed E-state index contributed by atoms with van der Waals surface area (Å²) in [6.07, 6.45) is -0.303. The van der Waals surface area contributed by atoms with Crippen molar-refractivity contribution >= 4 is 5.69 Å². The van der Waals surface area contributed by atoms with Gasteiger partial charge in [0, 0.05) is 31.9 Å². The van der Waals surface area contributed by atoms with Crippen molar-refractivity contribution in [3.05, 3.63) is 29.8 Å². The highest BCUT2D eigenvalue weighted by atomic mass is 16.3. The van der Waals surface area contributed by atoms with E-state index in [1.165, 1.54) is 11.3 Å². The van der Waals surface area contributed by atoms with Gasteiger partial charge in [-0.2, -0.15) is 0 Å². The van der Waals surface area contributed by atoms with Crippen LogP contribution in [0.25, 0.3) is 0 Å². The first kappa shape index (κ1) is 14.0. The fraction of sp³-hybridized carbons (Fsp3) is 0.571. The quantitative estimate of drug-likeness (QED) is 0.794. The van der Waals surface area contributed by atoms with Crippen molar-refractivity contribution < 1.29 is 5.11 Å². The molecule has 0 bridgehead atoms. The van der Waals surface area contributed by atoms with Crippen LogP contribution < -0.4 is 10.2 Å². The fourth-order valence-electron chi connectivity index (χ4n) is 1.67. The number of rotatable bonds is 6. The molecule has 0 aliphatic carbocycles. The monoisotopic (exact) mass is 236 g/mol. The largest absolute Gasteiger partial charge is 0.392 e. The molecule has 96 valence electrons. The first-order valence-electron chi connectivity index (χ1n) is 6.27. The van der Waals surface area contributed by atoms with Gasteiger partial charge in [0.25, 0.3) is 0 Å². The molecular formula is C14H24N2O. The van der Waals surface area contributed by atoms with Crippen LogP contribution in [0.5, 0.6) is 0 Å². The summed E-state index contributed by atoms with van der Waals surface area (Å²) in [6.45, 7) is 7.67. The highest BCUT2D eigenvalue weighted by Gasteiger charge is 2.06. The standard InChI is InChI=1S/C14H24N2O/c1-5-16(4)14-8-6-13(7-9-14)12(3)15-10-11(2)17/h6-9,11-12,15,17H,5,10H2,1-4H3. The Balaban J connectivity index is 2.60. The van der Waals surface area contributed by atoms with E-state index in [0.29, 0.717) is 6.54 Å². The lowest BCUT2D eigenvalue weighted by atomic mass is 10.1. The van der Waals surface area contributed by atoms with Gasteiger partial charge in [-0.3, -0.25) is 0 Å². The molecule has 0 aliphatic rings. The van der Waals surface area contributed by atoms with Crippen molar-refractivity contribution in [1.82, 2.24) is 5.32 Å². The summed E-state index contributed by atoms with van der Waals surface area (Å²) in [7, 11) is 2.09. The minimum absolute atomic E-state index is 0.269. The number of hydrogen-bond acceptors (Lipinski definition) is 3. The Labute approximate surface area is 104 Å². The predicted octanol–water partition coefficient (Wildman–Crippen LogP) is 2.17. The molecule has 0 saturated heterocycles. The molecule has 0 radical (unpaired) electrons. The van der Waals surface area contributed by atoms with Gasteiger partial charge >= 0.3 is 0 Å². The Morgan fingerprint density at radius 2 is 1.82 bits per heavy atom. The summed E-state index contributed by atoms with van der Waals surface area (Å²) in [5.74, 6) is 0. The predicted molar refractivity (Wildman–Crippen MR) is 73.5 cm³/mol. The van der Waals surface area contributed by atoms with Gasteiger partial charge in [0.05, 0.1) is 6.10 Å². The van der Waals surface area contributed by atoms with Gasteiger partial charge in [0.2, 0.25) is 0 Å². The second kappa shape index (κ2) is 6.62. The van der Waals surface area contributed by atoms with Crippen LogP contribution >= 0.6 is 0 Å². The number of nitrogens with one attached hydrogen (secondary N) is 1. The van der Waals surface area contributed by atoms with Gasteiger partial charge in [0.15, 0.2) is 0 Å². The number of anilines is 1. The van der Waals surface area contributed by atoms with E-state index < -0.39 is 0 Å². The maximum Gasteiger partial charge on any atom is 0.0636 e. The van der Waals surface area contributed by atoms with Crippen molar-refractivity contribution in [2.24, 2.45) is 0 Å². The van der Waals surface area contributed by atoms with Gasteiger partial charge < -0.3 is 15.3 Å². The Bertz CT molecular complexity index is 321. The van der Waals surface area contributed by atoms with E-state index in [1.54, 1.807) is 6.92 Å². The van der Waals surface area contributed by atoms with Gasteiger partial charge in [0.1, 0.15) is 0 Å². The molecule has 2 atom stereocenters. The zero-order valence-electron chi connectivity index (χ0n) is 11.3. The van der Waals surface area contributed by atoms with Gasteiger partial charge in [-0.15, -0.1) is 0 Å². The molecular weight excluding hydrogens is 212 g/mol. The maximum absolute atomic E-state index is 9.23. The third-order valence-electron chi connectivity index (χ3n) is 3.03. The maximum atomic E-state index is 9.23. The molecule has 0 heterocycles. The van der Waals surface area contributed by atoms with Crippen molar-refractivity contribution in [1.29, 1.82) is 0 Å². The van der Waals surface area contributed by atoms with Gasteiger partial charge in [-0.1, -0.05) is 12.1 Å². The number of aliphatic hydroxyl groups excluding tert-OH is 1. The van der Waals surface area contributed by atoms with Crippen molar-refractivity contribution in [3.63, 3.8) is 0 Å². The highest BCUT2D eigenvalue weighted by Crippen LogP contribution is 2.18. The molecule has 1 aromatic carbocycles. The fourth-order valence-corrected chi connectivity index (χ4v) is 1.67. The molecule has 0 saturated carbocycles. The third kappa shape index (κ3) is 4.36. The van der Waals surface area contributed by atoms with E-state index >= 15 is 0 Å². The van der Waals surface area contributed by atoms with Gasteiger partial charge in [-0.25, -0.2) is 0 Å². The molecule has 0 aromatic heterocycles. The summed E-state index contributed by atoms with van der Waals surface area (Å²) in [4.78, 5) is 2.21. The van der Waals surface area contributed by atoms with Crippen LogP contribution in [0, 0.1) is 0 Å². The smallest absolute Gasteiger partial charge is 0.0636 e. The Morgan fingerprint density at radius 1 is 1.24 bits per heavy atom. The molecule has 1 rings (SSSR count). The van der Waals surface area contributed by atoms with Crippen LogP contribution in [0.1, 0.15) is 32.4 Å². The topological polar surface area (TPSA) is 35.5 Å². The molecule has 2 N–H and O–H groups in total. The average molecular weight is 236 g/mol. The zero-order valence-corrected chi connectivity index (χ0v) is 11.3.